The van der Waals surface area contributed by atoms with E-state index in [-0.39, 0.29) is 24.0 Å². The second kappa shape index (κ2) is 14.0. The zero-order valence-electron chi connectivity index (χ0n) is 25.7. The van der Waals surface area contributed by atoms with Crippen LogP contribution in [0.25, 0.3) is 22.4 Å². The third-order valence-corrected chi connectivity index (χ3v) is 9.47. The molecule has 0 bridgehead atoms. The maximum Gasteiger partial charge on any atom is 0.417 e. The van der Waals surface area contributed by atoms with E-state index in [1.807, 2.05) is 47.0 Å². The van der Waals surface area contributed by atoms with Crippen LogP contribution in [0.2, 0.25) is 5.02 Å². The van der Waals surface area contributed by atoms with E-state index in [1.165, 1.54) is 38.2 Å². The first-order chi connectivity index (χ1) is 22.2. The Labute approximate surface area is 271 Å². The third-order valence-electron chi connectivity index (χ3n) is 9.14. The Morgan fingerprint density at radius 3 is 2.46 bits per heavy atom. The van der Waals surface area contributed by atoms with Crippen molar-refractivity contribution in [1.29, 1.82) is 0 Å². The minimum atomic E-state index is -4.57. The molecule has 244 valence electrons. The fraction of sp³-hybridized carbons (Fsp3) is 0.429. The molecular weight excluding hydrogens is 615 g/mol. The van der Waals surface area contributed by atoms with Gasteiger partial charge in [0, 0.05) is 43.3 Å². The van der Waals surface area contributed by atoms with Crippen molar-refractivity contribution in [1.82, 2.24) is 14.9 Å². The zero-order valence-corrected chi connectivity index (χ0v) is 26.4. The van der Waals surface area contributed by atoms with Gasteiger partial charge in [-0.1, -0.05) is 43.0 Å². The number of rotatable bonds is 10. The summed E-state index contributed by atoms with van der Waals surface area (Å²) in [6.07, 6.45) is 1.65. The van der Waals surface area contributed by atoms with Crippen LogP contribution >= 0.6 is 11.6 Å². The topological polar surface area (TPSA) is 85.4 Å². The van der Waals surface area contributed by atoms with E-state index in [0.29, 0.717) is 36.0 Å². The molecule has 1 amide bonds. The summed E-state index contributed by atoms with van der Waals surface area (Å²) in [7, 11) is 0. The van der Waals surface area contributed by atoms with Crippen molar-refractivity contribution in [3.05, 3.63) is 82.4 Å². The molecule has 1 aliphatic carbocycles. The zero-order chi connectivity index (χ0) is 32.3. The van der Waals surface area contributed by atoms with Gasteiger partial charge in [-0.2, -0.15) is 13.2 Å². The molecule has 1 unspecified atom stereocenters. The lowest BCUT2D eigenvalue weighted by molar-refractivity contribution is -0.137. The van der Waals surface area contributed by atoms with Crippen LogP contribution in [0, 0.1) is 5.92 Å². The largest absolute Gasteiger partial charge is 0.417 e. The molecule has 6 rings (SSSR count). The van der Waals surface area contributed by atoms with Gasteiger partial charge in [-0.15, -0.1) is 0 Å². The van der Waals surface area contributed by atoms with E-state index in [4.69, 9.17) is 27.1 Å². The number of imidazole rings is 1. The van der Waals surface area contributed by atoms with Crippen LogP contribution in [0.4, 0.5) is 18.9 Å². The number of morpholine rings is 1. The van der Waals surface area contributed by atoms with Crippen LogP contribution in [0.1, 0.15) is 61.3 Å². The molecule has 1 aromatic heterocycles. The van der Waals surface area contributed by atoms with Crippen molar-refractivity contribution >= 4 is 34.2 Å². The summed E-state index contributed by atoms with van der Waals surface area (Å²) in [5.74, 6) is 0.807. The SMILES string of the molecule is NC(=O)CC(NCC1CCCCC1)c1ccc2c(c1)nc(-c1ccc(N3CCOCC3)cc1)n2Cc1ccc(Cl)c(C(F)(F)F)c1. The van der Waals surface area contributed by atoms with Crippen molar-refractivity contribution in [2.45, 2.75) is 57.3 Å². The second-order valence-electron chi connectivity index (χ2n) is 12.4. The highest BCUT2D eigenvalue weighted by atomic mass is 35.5. The minimum absolute atomic E-state index is 0.153. The van der Waals surface area contributed by atoms with Crippen LogP contribution < -0.4 is 16.0 Å². The number of aromatic nitrogens is 2. The Kier molecular flexibility index (Phi) is 9.86. The molecule has 2 fully saturated rings. The number of benzene rings is 3. The normalized spacial score (nSPS) is 17.0. The highest BCUT2D eigenvalue weighted by Gasteiger charge is 2.33. The fourth-order valence-corrected chi connectivity index (χ4v) is 6.89. The van der Waals surface area contributed by atoms with Crippen molar-refractivity contribution in [3.8, 4) is 11.4 Å². The smallest absolute Gasteiger partial charge is 0.378 e. The lowest BCUT2D eigenvalue weighted by Crippen LogP contribution is -2.36. The summed E-state index contributed by atoms with van der Waals surface area (Å²) >= 11 is 5.93. The quantitative estimate of drug-likeness (QED) is 0.187. The second-order valence-corrected chi connectivity index (χ2v) is 12.8. The highest BCUT2D eigenvalue weighted by Crippen LogP contribution is 2.36. The van der Waals surface area contributed by atoms with Gasteiger partial charge in [0.25, 0.3) is 0 Å². The first-order valence-corrected chi connectivity index (χ1v) is 16.3. The monoisotopic (exact) mass is 653 g/mol. The number of halogens is 4. The highest BCUT2D eigenvalue weighted by molar-refractivity contribution is 6.31. The number of nitrogens with zero attached hydrogens (tertiary/aromatic N) is 3. The first kappa shape index (κ1) is 32.3. The van der Waals surface area contributed by atoms with Gasteiger partial charge in [0.05, 0.1) is 34.8 Å². The molecule has 2 aliphatic rings. The Morgan fingerprint density at radius 1 is 1.02 bits per heavy atom. The van der Waals surface area contributed by atoms with Gasteiger partial charge >= 0.3 is 6.18 Å². The third kappa shape index (κ3) is 7.51. The molecule has 11 heteroatoms. The lowest BCUT2D eigenvalue weighted by Gasteiger charge is -2.28. The Hall–Kier alpha value is -3.60. The summed E-state index contributed by atoms with van der Waals surface area (Å²) in [6, 6.07) is 17.7. The number of carbonyl (C=O) groups excluding carboxylic acids is 1. The van der Waals surface area contributed by atoms with Gasteiger partial charge in [0.15, 0.2) is 0 Å². The van der Waals surface area contributed by atoms with E-state index in [0.717, 1.165) is 48.0 Å². The Morgan fingerprint density at radius 2 is 1.76 bits per heavy atom. The van der Waals surface area contributed by atoms with Crippen LogP contribution in [-0.2, 0) is 22.3 Å². The van der Waals surface area contributed by atoms with Crippen molar-refractivity contribution in [2.24, 2.45) is 11.7 Å². The first-order valence-electron chi connectivity index (χ1n) is 16.0. The van der Waals surface area contributed by atoms with E-state index in [2.05, 4.69) is 10.2 Å². The number of alkyl halides is 3. The van der Waals surface area contributed by atoms with Gasteiger partial charge < -0.3 is 25.3 Å². The molecule has 1 aliphatic heterocycles. The van der Waals surface area contributed by atoms with Gasteiger partial charge in [-0.05, 0) is 85.0 Å². The average molecular weight is 654 g/mol. The molecule has 0 radical (unpaired) electrons. The van der Waals surface area contributed by atoms with E-state index in [1.54, 1.807) is 6.07 Å². The van der Waals surface area contributed by atoms with E-state index in [9.17, 15) is 18.0 Å². The van der Waals surface area contributed by atoms with Gasteiger partial charge in [-0.25, -0.2) is 4.98 Å². The maximum atomic E-state index is 13.7. The van der Waals surface area contributed by atoms with Crippen LogP contribution in [0.3, 0.4) is 0 Å². The number of anilines is 1. The maximum absolute atomic E-state index is 13.7. The number of nitrogens with one attached hydrogen (secondary N) is 1. The summed E-state index contributed by atoms with van der Waals surface area (Å²) in [4.78, 5) is 19.3. The number of amides is 1. The predicted molar refractivity (Wildman–Crippen MR) is 175 cm³/mol. The average Bonchev–Trinajstić information content (AvgIpc) is 3.41. The van der Waals surface area contributed by atoms with E-state index < -0.39 is 17.6 Å². The molecule has 2 heterocycles. The molecule has 3 aromatic carbocycles. The molecule has 0 spiro atoms. The number of primary amides is 1. The molecule has 1 saturated heterocycles. The van der Waals surface area contributed by atoms with Gasteiger partial charge in [-0.3, -0.25) is 4.79 Å². The number of ether oxygens (including phenoxy) is 1. The van der Waals surface area contributed by atoms with Crippen LogP contribution in [0.5, 0.6) is 0 Å². The number of nitrogens with two attached hydrogens (primary N) is 1. The molecule has 4 aromatic rings. The number of carbonyl (C=O) groups is 1. The Bertz CT molecular complexity index is 1660. The summed E-state index contributed by atoms with van der Waals surface area (Å²) < 4.78 is 48.6. The number of fused-ring (bicyclic) bond motifs is 1. The molecular formula is C35H39ClF3N5O2. The predicted octanol–water partition coefficient (Wildman–Crippen LogP) is 7.35. The van der Waals surface area contributed by atoms with Crippen LogP contribution in [-0.4, -0.2) is 48.3 Å². The van der Waals surface area contributed by atoms with Gasteiger partial charge in [0.1, 0.15) is 5.82 Å². The van der Waals surface area contributed by atoms with Crippen molar-refractivity contribution in [3.63, 3.8) is 0 Å². The number of hydrogen-bond acceptors (Lipinski definition) is 5. The molecule has 46 heavy (non-hydrogen) atoms. The Balaban J connectivity index is 1.37. The lowest BCUT2D eigenvalue weighted by atomic mass is 9.89. The van der Waals surface area contributed by atoms with Crippen molar-refractivity contribution < 1.29 is 22.7 Å². The van der Waals surface area contributed by atoms with Gasteiger partial charge in [0.2, 0.25) is 5.91 Å². The standard InChI is InChI=1S/C35H39ClF3N5O2/c36-29-12-6-24(18-28(29)35(37,38)39)22-44-32-13-9-26(30(20-33(40)45)41-21-23-4-2-1-3-5-23)19-31(32)42-34(44)25-7-10-27(11-8-25)43-14-16-46-17-15-43/h6-13,18-19,23,30,41H,1-5,14-17,20-22H2,(H2,40,45). The van der Waals surface area contributed by atoms with Crippen molar-refractivity contribution in [2.75, 3.05) is 37.7 Å². The molecule has 1 atom stereocenters. The van der Waals surface area contributed by atoms with E-state index >= 15 is 0 Å². The minimum Gasteiger partial charge on any atom is -0.378 e. The summed E-state index contributed by atoms with van der Waals surface area (Å²) in [5.41, 5.74) is 9.50. The van der Waals surface area contributed by atoms with Crippen LogP contribution in [0.15, 0.2) is 60.7 Å². The molecule has 3 N–H and O–H groups in total. The molecule has 1 saturated carbocycles. The fourth-order valence-electron chi connectivity index (χ4n) is 6.67. The summed E-state index contributed by atoms with van der Waals surface area (Å²) in [6.45, 7) is 3.92. The molecule has 7 nitrogen and oxygen atoms in total. The summed E-state index contributed by atoms with van der Waals surface area (Å²) in [5, 5.41) is 3.25. The number of hydrogen-bond donors (Lipinski definition) is 2.